The number of nitrogens with zero attached hydrogens (tertiary/aromatic N) is 1. The minimum Gasteiger partial charge on any atom is -0.443 e. The van der Waals surface area contributed by atoms with E-state index in [1.54, 1.807) is 0 Å². The second-order valence-electron chi connectivity index (χ2n) is 5.94. The molecule has 1 fully saturated rings. The number of hydrogen-bond donors (Lipinski definition) is 1. The van der Waals surface area contributed by atoms with Gasteiger partial charge in [0.2, 0.25) is 0 Å². The first-order valence-electron chi connectivity index (χ1n) is 6.37. The van der Waals surface area contributed by atoms with Crippen LogP contribution in [-0.4, -0.2) is 18.1 Å². The number of nitrogens with one attached hydrogen (secondary N) is 1. The van der Waals surface area contributed by atoms with Crippen LogP contribution in [0.15, 0.2) is 10.7 Å². The molecule has 1 aliphatic rings. The smallest absolute Gasteiger partial charge is 0.325 e. The zero-order chi connectivity index (χ0) is 13.4. The van der Waals surface area contributed by atoms with Crippen molar-refractivity contribution in [1.82, 2.24) is 10.3 Å². The van der Waals surface area contributed by atoms with Crippen molar-refractivity contribution in [3.8, 4) is 0 Å². The number of halogens is 2. The summed E-state index contributed by atoms with van der Waals surface area (Å²) in [5.41, 5.74) is 0.303. The summed E-state index contributed by atoms with van der Waals surface area (Å²) in [6, 6.07) is 0. The van der Waals surface area contributed by atoms with E-state index in [0.717, 1.165) is 0 Å². The van der Waals surface area contributed by atoms with Crippen molar-refractivity contribution in [3.63, 3.8) is 0 Å². The second kappa shape index (κ2) is 4.61. The molecule has 1 saturated heterocycles. The van der Waals surface area contributed by atoms with E-state index in [-0.39, 0.29) is 5.41 Å². The third-order valence-corrected chi connectivity index (χ3v) is 3.41. The first-order valence-corrected chi connectivity index (χ1v) is 6.37. The second-order valence-corrected chi connectivity index (χ2v) is 5.94. The Balaban J connectivity index is 2.21. The molecule has 0 aliphatic carbocycles. The number of rotatable bonds is 2. The van der Waals surface area contributed by atoms with Crippen LogP contribution in [0.25, 0.3) is 0 Å². The van der Waals surface area contributed by atoms with Crippen LogP contribution in [0, 0.1) is 5.92 Å². The maximum Gasteiger partial charge on any atom is 0.325 e. The van der Waals surface area contributed by atoms with Gasteiger partial charge in [-0.05, 0) is 25.9 Å². The van der Waals surface area contributed by atoms with E-state index in [1.807, 2.05) is 20.8 Å². The summed E-state index contributed by atoms with van der Waals surface area (Å²) in [5, 5.41) is 3.08. The molecule has 2 heterocycles. The third-order valence-electron chi connectivity index (χ3n) is 3.41. The molecule has 18 heavy (non-hydrogen) atoms. The van der Waals surface area contributed by atoms with E-state index >= 15 is 0 Å². The molecule has 0 bridgehead atoms. The number of alkyl halides is 2. The van der Waals surface area contributed by atoms with Crippen LogP contribution >= 0.6 is 0 Å². The molecule has 3 nitrogen and oxygen atoms in total. The lowest BCUT2D eigenvalue weighted by molar-refractivity contribution is -0.0963. The van der Waals surface area contributed by atoms with Crippen molar-refractivity contribution >= 4 is 0 Å². The van der Waals surface area contributed by atoms with Crippen LogP contribution in [-0.2, 0) is 11.3 Å². The molecule has 0 atom stereocenters. The van der Waals surface area contributed by atoms with Crippen molar-refractivity contribution in [2.45, 2.75) is 45.0 Å². The Hall–Kier alpha value is -0.970. The Bertz CT molecular complexity index is 403. The molecule has 102 valence electrons. The Morgan fingerprint density at radius 3 is 2.39 bits per heavy atom. The van der Waals surface area contributed by atoms with Gasteiger partial charge in [-0.25, -0.2) is 4.98 Å². The molecule has 0 unspecified atom stereocenters. The number of hydrogen-bond acceptors (Lipinski definition) is 3. The maximum absolute atomic E-state index is 14.3. The summed E-state index contributed by atoms with van der Waals surface area (Å²) in [6.07, 6.45) is 2.27. The van der Waals surface area contributed by atoms with Gasteiger partial charge in [0.1, 0.15) is 6.26 Å². The van der Waals surface area contributed by atoms with Crippen molar-refractivity contribution < 1.29 is 13.2 Å². The van der Waals surface area contributed by atoms with Gasteiger partial charge >= 0.3 is 5.92 Å². The molecule has 0 saturated carbocycles. The SMILES string of the molecule is CC(C)(C)c1coc(C(F)(F)C2CCNCC2)n1. The Morgan fingerprint density at radius 1 is 1.28 bits per heavy atom. The van der Waals surface area contributed by atoms with Gasteiger partial charge in [0.15, 0.2) is 0 Å². The average molecular weight is 258 g/mol. The quantitative estimate of drug-likeness (QED) is 0.886. The normalized spacial score (nSPS) is 19.2. The zero-order valence-corrected chi connectivity index (χ0v) is 11.1. The predicted molar refractivity (Wildman–Crippen MR) is 64.7 cm³/mol. The summed E-state index contributed by atoms with van der Waals surface area (Å²) >= 11 is 0. The third kappa shape index (κ3) is 2.55. The molecule has 1 aromatic heterocycles. The van der Waals surface area contributed by atoms with Gasteiger partial charge in [-0.1, -0.05) is 20.8 Å². The summed E-state index contributed by atoms with van der Waals surface area (Å²) in [7, 11) is 0. The van der Waals surface area contributed by atoms with Gasteiger partial charge in [-0.15, -0.1) is 0 Å². The highest BCUT2D eigenvalue weighted by Crippen LogP contribution is 2.40. The van der Waals surface area contributed by atoms with Gasteiger partial charge in [-0.2, -0.15) is 8.78 Å². The van der Waals surface area contributed by atoms with Crippen molar-refractivity contribution in [1.29, 1.82) is 0 Å². The molecule has 2 rings (SSSR count). The summed E-state index contributed by atoms with van der Waals surface area (Å²) in [6.45, 7) is 7.05. The lowest BCUT2D eigenvalue weighted by Gasteiger charge is -2.28. The standard InChI is InChI=1S/C13H20F2N2O/c1-12(2,3)10-8-18-11(17-10)13(14,15)9-4-6-16-7-5-9/h8-9,16H,4-7H2,1-3H3. The Labute approximate surface area is 106 Å². The summed E-state index contributed by atoms with van der Waals surface area (Å²) < 4.78 is 33.5. The van der Waals surface area contributed by atoms with Crippen molar-refractivity contribution in [2.24, 2.45) is 5.92 Å². The fourth-order valence-electron chi connectivity index (χ4n) is 2.13. The van der Waals surface area contributed by atoms with E-state index in [1.165, 1.54) is 6.26 Å². The lowest BCUT2D eigenvalue weighted by Crippen LogP contribution is -2.36. The minimum atomic E-state index is -2.97. The molecule has 1 N–H and O–H groups in total. The molecule has 1 aromatic rings. The largest absolute Gasteiger partial charge is 0.443 e. The van der Waals surface area contributed by atoms with Gasteiger partial charge < -0.3 is 9.73 Å². The molecule has 0 amide bonds. The predicted octanol–water partition coefficient (Wildman–Crippen LogP) is 3.06. The molecular formula is C13H20F2N2O. The van der Waals surface area contributed by atoms with Crippen LogP contribution in [0.3, 0.4) is 0 Å². The monoisotopic (exact) mass is 258 g/mol. The first-order chi connectivity index (χ1) is 8.32. The van der Waals surface area contributed by atoms with Gasteiger partial charge in [-0.3, -0.25) is 0 Å². The lowest BCUT2D eigenvalue weighted by atomic mass is 9.91. The Kier molecular flexibility index (Phi) is 3.45. The summed E-state index contributed by atoms with van der Waals surface area (Å²) in [4.78, 5) is 3.99. The van der Waals surface area contributed by atoms with Crippen LogP contribution in [0.4, 0.5) is 8.78 Å². The highest BCUT2D eigenvalue weighted by Gasteiger charge is 2.46. The number of aromatic nitrogens is 1. The average Bonchev–Trinajstić information content (AvgIpc) is 2.79. The van der Waals surface area contributed by atoms with Crippen LogP contribution in [0.5, 0.6) is 0 Å². The topological polar surface area (TPSA) is 38.1 Å². The molecule has 0 aromatic carbocycles. The van der Waals surface area contributed by atoms with Crippen molar-refractivity contribution in [3.05, 3.63) is 17.8 Å². The van der Waals surface area contributed by atoms with E-state index in [9.17, 15) is 8.78 Å². The molecule has 5 heteroatoms. The van der Waals surface area contributed by atoms with E-state index in [4.69, 9.17) is 4.42 Å². The molecule has 0 spiro atoms. The van der Waals surface area contributed by atoms with E-state index < -0.39 is 17.7 Å². The molecular weight excluding hydrogens is 238 g/mol. The molecule has 1 aliphatic heterocycles. The van der Waals surface area contributed by atoms with Gasteiger partial charge in [0.25, 0.3) is 5.89 Å². The number of piperidine rings is 1. The molecule has 0 radical (unpaired) electrons. The van der Waals surface area contributed by atoms with E-state index in [2.05, 4.69) is 10.3 Å². The van der Waals surface area contributed by atoms with Crippen LogP contribution in [0.2, 0.25) is 0 Å². The fraction of sp³-hybridized carbons (Fsp3) is 0.769. The van der Waals surface area contributed by atoms with Crippen molar-refractivity contribution in [2.75, 3.05) is 13.1 Å². The summed E-state index contributed by atoms with van der Waals surface area (Å²) in [5.74, 6) is -4.07. The Morgan fingerprint density at radius 2 is 1.89 bits per heavy atom. The highest BCUT2D eigenvalue weighted by atomic mass is 19.3. The zero-order valence-electron chi connectivity index (χ0n) is 11.1. The van der Waals surface area contributed by atoms with Gasteiger partial charge in [0, 0.05) is 11.3 Å². The minimum absolute atomic E-state index is 0.272. The van der Waals surface area contributed by atoms with Gasteiger partial charge in [0.05, 0.1) is 5.69 Å². The van der Waals surface area contributed by atoms with E-state index in [0.29, 0.717) is 31.6 Å². The van der Waals surface area contributed by atoms with Crippen LogP contribution in [0.1, 0.15) is 45.2 Å². The highest BCUT2D eigenvalue weighted by molar-refractivity contribution is 5.11. The first kappa shape index (κ1) is 13.5. The van der Waals surface area contributed by atoms with Crippen LogP contribution < -0.4 is 5.32 Å². The number of oxazole rings is 1. The maximum atomic E-state index is 14.3. The fourth-order valence-corrected chi connectivity index (χ4v) is 2.13.